The van der Waals surface area contributed by atoms with Crippen molar-refractivity contribution in [3.05, 3.63) is 59.4 Å². The van der Waals surface area contributed by atoms with Crippen molar-refractivity contribution in [1.29, 1.82) is 0 Å². The van der Waals surface area contributed by atoms with Crippen molar-refractivity contribution in [3.8, 4) is 0 Å². The fourth-order valence-corrected chi connectivity index (χ4v) is 2.51. The van der Waals surface area contributed by atoms with E-state index in [-0.39, 0.29) is 11.0 Å². The molecule has 0 fully saturated rings. The zero-order valence-corrected chi connectivity index (χ0v) is 14.7. The Bertz CT molecular complexity index is 963. The minimum Gasteiger partial charge on any atom is -0.478 e. The van der Waals surface area contributed by atoms with Gasteiger partial charge in [-0.1, -0.05) is 26.8 Å². The van der Waals surface area contributed by atoms with Crippen LogP contribution in [0.4, 0.5) is 11.5 Å². The second-order valence-corrected chi connectivity index (χ2v) is 7.02. The number of benzene rings is 1. The number of pyridine rings is 1. The third kappa shape index (κ3) is 3.42. The maximum Gasteiger partial charge on any atom is 0.335 e. The van der Waals surface area contributed by atoms with E-state index in [0.29, 0.717) is 11.5 Å². The molecular formula is C19H20N4O2. The maximum absolute atomic E-state index is 10.9. The number of rotatable bonds is 3. The Hall–Kier alpha value is -3.02. The molecule has 3 aromatic rings. The van der Waals surface area contributed by atoms with Crippen LogP contribution >= 0.6 is 0 Å². The smallest absolute Gasteiger partial charge is 0.335 e. The average Bonchev–Trinajstić information content (AvgIpc) is 2.91. The molecule has 1 aromatic carbocycles. The van der Waals surface area contributed by atoms with Gasteiger partial charge in [0.2, 0.25) is 0 Å². The van der Waals surface area contributed by atoms with Crippen LogP contribution in [0, 0.1) is 6.92 Å². The molecule has 0 saturated heterocycles. The van der Waals surface area contributed by atoms with Gasteiger partial charge in [0.1, 0.15) is 5.65 Å². The fraction of sp³-hybridized carbons (Fsp3) is 0.263. The van der Waals surface area contributed by atoms with E-state index >= 15 is 0 Å². The molecule has 0 bridgehead atoms. The molecule has 6 nitrogen and oxygen atoms in total. The Morgan fingerprint density at radius 2 is 1.76 bits per heavy atom. The number of carbonyl (C=O) groups is 1. The molecule has 1 N–H and O–H groups in total. The number of hydrogen-bond donors (Lipinski definition) is 1. The van der Waals surface area contributed by atoms with E-state index in [4.69, 9.17) is 10.1 Å². The van der Waals surface area contributed by atoms with Crippen LogP contribution in [0.15, 0.2) is 52.8 Å². The highest BCUT2D eigenvalue weighted by molar-refractivity contribution is 5.87. The molecule has 25 heavy (non-hydrogen) atoms. The molecule has 3 rings (SSSR count). The average molecular weight is 336 g/mol. The van der Waals surface area contributed by atoms with Crippen molar-refractivity contribution < 1.29 is 9.90 Å². The number of fused-ring (bicyclic) bond motifs is 1. The van der Waals surface area contributed by atoms with Gasteiger partial charge in [-0.15, -0.1) is 10.2 Å². The molecule has 2 heterocycles. The lowest BCUT2D eigenvalue weighted by Crippen LogP contribution is -2.11. The summed E-state index contributed by atoms with van der Waals surface area (Å²) >= 11 is 0. The molecule has 0 unspecified atom stereocenters. The van der Waals surface area contributed by atoms with Crippen LogP contribution in [-0.4, -0.2) is 20.5 Å². The summed E-state index contributed by atoms with van der Waals surface area (Å²) < 4.78 is 1.94. The van der Waals surface area contributed by atoms with Gasteiger partial charge in [0, 0.05) is 11.6 Å². The molecule has 6 heteroatoms. The highest BCUT2D eigenvalue weighted by Crippen LogP contribution is 2.33. The first-order valence-corrected chi connectivity index (χ1v) is 8.00. The minimum absolute atomic E-state index is 0.179. The lowest BCUT2D eigenvalue weighted by molar-refractivity contribution is 0.0697. The van der Waals surface area contributed by atoms with E-state index in [0.717, 1.165) is 16.9 Å². The van der Waals surface area contributed by atoms with Crippen LogP contribution < -0.4 is 0 Å². The van der Waals surface area contributed by atoms with Crippen molar-refractivity contribution in [2.75, 3.05) is 0 Å². The number of carboxylic acid groups (broad SMARTS) is 1. The summed E-state index contributed by atoms with van der Waals surface area (Å²) in [7, 11) is 0. The van der Waals surface area contributed by atoms with Gasteiger partial charge in [-0.25, -0.2) is 9.78 Å². The first kappa shape index (κ1) is 16.8. The summed E-state index contributed by atoms with van der Waals surface area (Å²) in [5.74, 6) is -0.274. The van der Waals surface area contributed by atoms with E-state index in [1.54, 1.807) is 12.1 Å². The van der Waals surface area contributed by atoms with Gasteiger partial charge >= 0.3 is 5.97 Å². The van der Waals surface area contributed by atoms with Gasteiger partial charge in [-0.05, 0) is 42.8 Å². The third-order valence-electron chi connectivity index (χ3n) is 3.83. The molecular weight excluding hydrogens is 316 g/mol. The number of aryl methyl sites for hydroxylation is 1. The zero-order valence-electron chi connectivity index (χ0n) is 14.7. The zero-order chi connectivity index (χ0) is 18.2. The van der Waals surface area contributed by atoms with E-state index in [1.807, 2.05) is 29.7 Å². The molecule has 128 valence electrons. The quantitative estimate of drug-likeness (QED) is 0.679. The first-order chi connectivity index (χ1) is 11.8. The van der Waals surface area contributed by atoms with Crippen LogP contribution in [0.5, 0.6) is 0 Å². The summed E-state index contributed by atoms with van der Waals surface area (Å²) in [5.41, 5.74) is 3.43. The summed E-state index contributed by atoms with van der Waals surface area (Å²) in [5, 5.41) is 17.7. The van der Waals surface area contributed by atoms with E-state index in [2.05, 4.69) is 31.0 Å². The van der Waals surface area contributed by atoms with Gasteiger partial charge in [0.25, 0.3) is 0 Å². The second kappa shape index (κ2) is 6.12. The van der Waals surface area contributed by atoms with Crippen LogP contribution in [0.25, 0.3) is 5.65 Å². The number of azo groups is 1. The summed E-state index contributed by atoms with van der Waals surface area (Å²) in [6, 6.07) is 10.3. The fourth-order valence-electron chi connectivity index (χ4n) is 2.51. The van der Waals surface area contributed by atoms with E-state index in [9.17, 15) is 4.79 Å². The standard InChI is InChI=1S/C19H20N4O2/c1-12-5-10-15-20-16(19(2,3)4)17(23(15)11-12)22-21-14-8-6-13(7-9-14)18(24)25/h5-11H,1-4H3,(H,24,25). The van der Waals surface area contributed by atoms with Crippen LogP contribution in [-0.2, 0) is 5.41 Å². The van der Waals surface area contributed by atoms with Crippen molar-refractivity contribution in [1.82, 2.24) is 9.38 Å². The second-order valence-electron chi connectivity index (χ2n) is 7.02. The molecule has 0 amide bonds. The molecule has 0 atom stereocenters. The normalized spacial score (nSPS) is 12.2. The highest BCUT2D eigenvalue weighted by atomic mass is 16.4. The van der Waals surface area contributed by atoms with Crippen molar-refractivity contribution in [3.63, 3.8) is 0 Å². The summed E-state index contributed by atoms with van der Waals surface area (Å²) in [6.07, 6.45) is 1.99. The number of hydrogen-bond acceptors (Lipinski definition) is 4. The number of aromatic nitrogens is 2. The molecule has 0 radical (unpaired) electrons. The summed E-state index contributed by atoms with van der Waals surface area (Å²) in [6.45, 7) is 8.27. The van der Waals surface area contributed by atoms with Crippen LogP contribution in [0.2, 0.25) is 0 Å². The number of aromatic carboxylic acids is 1. The molecule has 0 aliphatic carbocycles. The van der Waals surface area contributed by atoms with Gasteiger partial charge in [0.15, 0.2) is 5.82 Å². The number of imidazole rings is 1. The maximum atomic E-state index is 10.9. The Morgan fingerprint density at radius 1 is 1.08 bits per heavy atom. The molecule has 0 saturated carbocycles. The third-order valence-corrected chi connectivity index (χ3v) is 3.83. The molecule has 0 aliphatic heterocycles. The predicted molar refractivity (Wildman–Crippen MR) is 96.2 cm³/mol. The monoisotopic (exact) mass is 336 g/mol. The minimum atomic E-state index is -0.962. The predicted octanol–water partition coefficient (Wildman–Crippen LogP) is 5.05. The van der Waals surface area contributed by atoms with E-state index < -0.39 is 5.97 Å². The number of nitrogens with zero attached hydrogens (tertiary/aromatic N) is 4. The molecule has 0 spiro atoms. The van der Waals surface area contributed by atoms with Crippen molar-refractivity contribution in [2.24, 2.45) is 10.2 Å². The molecule has 0 aliphatic rings. The van der Waals surface area contributed by atoms with Crippen LogP contribution in [0.1, 0.15) is 42.4 Å². The van der Waals surface area contributed by atoms with Gasteiger partial charge in [-0.3, -0.25) is 4.40 Å². The van der Waals surface area contributed by atoms with Crippen molar-refractivity contribution in [2.45, 2.75) is 33.1 Å². The Labute approximate surface area is 145 Å². The lowest BCUT2D eigenvalue weighted by Gasteiger charge is -2.15. The van der Waals surface area contributed by atoms with Gasteiger partial charge < -0.3 is 5.11 Å². The molecule has 2 aromatic heterocycles. The Balaban J connectivity index is 2.07. The Kier molecular flexibility index (Phi) is 4.12. The largest absolute Gasteiger partial charge is 0.478 e. The number of carboxylic acids is 1. The van der Waals surface area contributed by atoms with Crippen molar-refractivity contribution >= 4 is 23.1 Å². The van der Waals surface area contributed by atoms with Crippen LogP contribution in [0.3, 0.4) is 0 Å². The van der Waals surface area contributed by atoms with Gasteiger partial charge in [0.05, 0.1) is 16.9 Å². The SMILES string of the molecule is Cc1ccc2nc(C(C)(C)C)c(N=Nc3ccc(C(=O)O)cc3)n2c1. The first-order valence-electron chi connectivity index (χ1n) is 8.00. The highest BCUT2D eigenvalue weighted by Gasteiger charge is 2.24. The van der Waals surface area contributed by atoms with E-state index in [1.165, 1.54) is 12.1 Å². The van der Waals surface area contributed by atoms with Gasteiger partial charge in [-0.2, -0.15) is 0 Å². The lowest BCUT2D eigenvalue weighted by atomic mass is 9.92. The summed E-state index contributed by atoms with van der Waals surface area (Å²) in [4.78, 5) is 15.6. The Morgan fingerprint density at radius 3 is 2.36 bits per heavy atom. The topological polar surface area (TPSA) is 79.3 Å².